The molecule has 0 aliphatic heterocycles. The maximum Gasteiger partial charge on any atom is 0.167 e. The maximum absolute atomic E-state index is 12.3. The summed E-state index contributed by atoms with van der Waals surface area (Å²) in [5.41, 5.74) is 14.5. The number of unbranched alkanes of at least 4 members (excludes halogenated alkanes) is 7. The highest BCUT2D eigenvalue weighted by Crippen LogP contribution is 2.29. The largest absolute Gasteiger partial charge is 0.381 e. The predicted molar refractivity (Wildman–Crippen MR) is 107 cm³/mol. The summed E-state index contributed by atoms with van der Waals surface area (Å²) in [5, 5.41) is 0. The average Bonchev–Trinajstić information content (AvgIpc) is 2.70. The van der Waals surface area contributed by atoms with Gasteiger partial charge in [-0.05, 0) is 19.3 Å². The highest BCUT2D eigenvalue weighted by atomic mass is 16.5. The number of Topliss-reactive ketones (excluding diaryl/α,β-unsaturated/α-hetero) is 3. The van der Waals surface area contributed by atoms with Crippen molar-refractivity contribution in [3.8, 4) is 0 Å². The minimum absolute atomic E-state index is 0.118. The van der Waals surface area contributed by atoms with Gasteiger partial charge < -0.3 is 21.9 Å². The Morgan fingerprint density at radius 1 is 0.667 bits per heavy atom. The molecule has 0 saturated carbocycles. The molecule has 0 saturated heterocycles. The Labute approximate surface area is 163 Å². The molecule has 0 spiro atoms. The van der Waals surface area contributed by atoms with Crippen LogP contribution in [0.1, 0.15) is 71.1 Å². The number of nitrogens with two attached hydrogens (primary N) is 3. The Kier molecular flexibility index (Phi) is 15.2. The second-order valence-corrected chi connectivity index (χ2v) is 6.98. The second kappa shape index (κ2) is 15.9. The van der Waals surface area contributed by atoms with Gasteiger partial charge in [0, 0.05) is 13.2 Å². The molecule has 0 aromatic rings. The van der Waals surface area contributed by atoms with Crippen LogP contribution in [0.15, 0.2) is 0 Å². The van der Waals surface area contributed by atoms with Gasteiger partial charge in [-0.15, -0.1) is 0 Å². The standard InChI is InChI=1S/C20H39N3O4/c1-2-3-4-5-6-9-12-27-13-10-7-8-11-20(17(24)14-21,18(25)15-22)19(26)16-23/h2-16,21-23H2,1H3. The van der Waals surface area contributed by atoms with Crippen LogP contribution in [-0.2, 0) is 19.1 Å². The molecule has 0 atom stereocenters. The Morgan fingerprint density at radius 3 is 1.52 bits per heavy atom. The number of ether oxygens (including phenoxy) is 1. The third-order valence-corrected chi connectivity index (χ3v) is 4.97. The average molecular weight is 386 g/mol. The monoisotopic (exact) mass is 385 g/mol. The van der Waals surface area contributed by atoms with Gasteiger partial charge in [-0.1, -0.05) is 51.9 Å². The van der Waals surface area contributed by atoms with E-state index in [-0.39, 0.29) is 26.1 Å². The SMILES string of the molecule is CCCCCCCCOCCCCCC(C(=O)CN)(C(=O)CN)C(=O)CN. The molecule has 0 unspecified atom stereocenters. The van der Waals surface area contributed by atoms with E-state index in [9.17, 15) is 14.4 Å². The molecule has 0 radical (unpaired) electrons. The lowest BCUT2D eigenvalue weighted by Crippen LogP contribution is -2.53. The van der Waals surface area contributed by atoms with Crippen LogP contribution in [0.3, 0.4) is 0 Å². The van der Waals surface area contributed by atoms with Gasteiger partial charge in [0.05, 0.1) is 19.6 Å². The van der Waals surface area contributed by atoms with Crippen LogP contribution in [0.25, 0.3) is 0 Å². The minimum atomic E-state index is -1.77. The van der Waals surface area contributed by atoms with E-state index in [2.05, 4.69) is 6.92 Å². The summed E-state index contributed by atoms with van der Waals surface area (Å²) in [6.07, 6.45) is 9.62. The lowest BCUT2D eigenvalue weighted by atomic mass is 9.71. The minimum Gasteiger partial charge on any atom is -0.381 e. The predicted octanol–water partition coefficient (Wildman–Crippen LogP) is 1.49. The van der Waals surface area contributed by atoms with Gasteiger partial charge >= 0.3 is 0 Å². The number of hydrogen-bond donors (Lipinski definition) is 3. The van der Waals surface area contributed by atoms with E-state index in [1.54, 1.807) is 0 Å². The topological polar surface area (TPSA) is 138 Å². The Morgan fingerprint density at radius 2 is 1.07 bits per heavy atom. The van der Waals surface area contributed by atoms with Crippen LogP contribution in [0.2, 0.25) is 0 Å². The smallest absolute Gasteiger partial charge is 0.167 e. The molecule has 0 aromatic heterocycles. The van der Waals surface area contributed by atoms with E-state index in [4.69, 9.17) is 21.9 Å². The third kappa shape index (κ3) is 9.06. The van der Waals surface area contributed by atoms with Gasteiger partial charge in [0.15, 0.2) is 17.3 Å². The molecule has 0 rings (SSSR count). The maximum atomic E-state index is 12.3. The molecule has 7 heteroatoms. The summed E-state index contributed by atoms with van der Waals surface area (Å²) in [6.45, 7) is 2.48. The Balaban J connectivity index is 4.19. The molecule has 0 aliphatic carbocycles. The Hall–Kier alpha value is -1.15. The van der Waals surface area contributed by atoms with E-state index in [1.165, 1.54) is 32.1 Å². The molecular formula is C20H39N3O4. The molecule has 6 N–H and O–H groups in total. The zero-order valence-corrected chi connectivity index (χ0v) is 17.0. The van der Waals surface area contributed by atoms with Crippen LogP contribution in [0.5, 0.6) is 0 Å². The molecule has 27 heavy (non-hydrogen) atoms. The zero-order chi connectivity index (χ0) is 20.5. The summed E-state index contributed by atoms with van der Waals surface area (Å²) in [5.74, 6) is -1.77. The number of rotatable bonds is 19. The lowest BCUT2D eigenvalue weighted by Gasteiger charge is -2.28. The first kappa shape index (κ1) is 25.9. The summed E-state index contributed by atoms with van der Waals surface area (Å²) >= 11 is 0. The van der Waals surface area contributed by atoms with E-state index >= 15 is 0 Å². The van der Waals surface area contributed by atoms with Crippen molar-refractivity contribution in [3.63, 3.8) is 0 Å². The van der Waals surface area contributed by atoms with E-state index in [0.717, 1.165) is 25.9 Å². The van der Waals surface area contributed by atoms with Gasteiger partial charge in [0.2, 0.25) is 0 Å². The van der Waals surface area contributed by atoms with Crippen LogP contribution < -0.4 is 17.2 Å². The lowest BCUT2D eigenvalue weighted by molar-refractivity contribution is -0.148. The fraction of sp³-hybridized carbons (Fsp3) is 0.850. The third-order valence-electron chi connectivity index (χ3n) is 4.97. The number of carbonyl (C=O) groups excluding carboxylic acids is 3. The summed E-state index contributed by atoms with van der Waals surface area (Å²) in [6, 6.07) is 0. The molecule has 0 amide bonds. The fourth-order valence-corrected chi connectivity index (χ4v) is 3.27. The molecule has 0 bridgehead atoms. The quantitative estimate of drug-likeness (QED) is 0.226. The number of ketones is 3. The zero-order valence-electron chi connectivity index (χ0n) is 17.0. The summed E-state index contributed by atoms with van der Waals surface area (Å²) < 4.78 is 5.62. The molecule has 158 valence electrons. The van der Waals surface area contributed by atoms with E-state index in [0.29, 0.717) is 13.0 Å². The first-order valence-electron chi connectivity index (χ1n) is 10.3. The van der Waals surface area contributed by atoms with Crippen LogP contribution in [0, 0.1) is 5.41 Å². The summed E-state index contributed by atoms with van der Waals surface area (Å²) in [7, 11) is 0. The van der Waals surface area contributed by atoms with Crippen molar-refractivity contribution in [2.45, 2.75) is 71.1 Å². The number of hydrogen-bond acceptors (Lipinski definition) is 7. The molecule has 7 nitrogen and oxygen atoms in total. The van der Waals surface area contributed by atoms with Gasteiger partial charge in [-0.2, -0.15) is 0 Å². The molecule has 0 aromatic carbocycles. The van der Waals surface area contributed by atoms with E-state index < -0.39 is 22.8 Å². The number of carbonyl (C=O) groups is 3. The van der Waals surface area contributed by atoms with Crippen LogP contribution in [-0.4, -0.2) is 50.2 Å². The van der Waals surface area contributed by atoms with Crippen molar-refractivity contribution in [1.29, 1.82) is 0 Å². The van der Waals surface area contributed by atoms with Crippen molar-refractivity contribution in [3.05, 3.63) is 0 Å². The highest BCUT2D eigenvalue weighted by molar-refractivity contribution is 6.25. The van der Waals surface area contributed by atoms with Crippen molar-refractivity contribution in [1.82, 2.24) is 0 Å². The normalized spacial score (nSPS) is 11.6. The van der Waals surface area contributed by atoms with Crippen molar-refractivity contribution in [2.24, 2.45) is 22.6 Å². The van der Waals surface area contributed by atoms with Gasteiger partial charge in [-0.3, -0.25) is 14.4 Å². The molecule has 0 fully saturated rings. The van der Waals surface area contributed by atoms with Crippen LogP contribution >= 0.6 is 0 Å². The second-order valence-electron chi connectivity index (χ2n) is 6.98. The molecule has 0 aliphatic rings. The van der Waals surface area contributed by atoms with Gasteiger partial charge in [-0.25, -0.2) is 0 Å². The Bertz CT molecular complexity index is 400. The molecule has 0 heterocycles. The molecular weight excluding hydrogens is 346 g/mol. The fourth-order valence-electron chi connectivity index (χ4n) is 3.27. The highest BCUT2D eigenvalue weighted by Gasteiger charge is 2.48. The van der Waals surface area contributed by atoms with Crippen molar-refractivity contribution < 1.29 is 19.1 Å². The van der Waals surface area contributed by atoms with Gasteiger partial charge in [0.1, 0.15) is 5.41 Å². The van der Waals surface area contributed by atoms with Crippen molar-refractivity contribution >= 4 is 17.3 Å². The van der Waals surface area contributed by atoms with Crippen molar-refractivity contribution in [2.75, 3.05) is 32.8 Å². The van der Waals surface area contributed by atoms with E-state index in [1.807, 2.05) is 0 Å². The summed E-state index contributed by atoms with van der Waals surface area (Å²) in [4.78, 5) is 36.8. The van der Waals surface area contributed by atoms with Crippen LogP contribution in [0.4, 0.5) is 0 Å². The van der Waals surface area contributed by atoms with Gasteiger partial charge in [0.25, 0.3) is 0 Å². The first-order valence-corrected chi connectivity index (χ1v) is 10.3. The first-order chi connectivity index (χ1) is 13.0.